The third-order valence-corrected chi connectivity index (χ3v) is 4.76. The van der Waals surface area contributed by atoms with Gasteiger partial charge >= 0.3 is 0 Å². The highest BCUT2D eigenvalue weighted by Gasteiger charge is 2.31. The predicted molar refractivity (Wildman–Crippen MR) is 96.5 cm³/mol. The Morgan fingerprint density at radius 1 is 1.00 bits per heavy atom. The lowest BCUT2D eigenvalue weighted by molar-refractivity contribution is 0.149. The van der Waals surface area contributed by atoms with E-state index in [9.17, 15) is 10.2 Å². The van der Waals surface area contributed by atoms with Gasteiger partial charge in [0, 0.05) is 18.9 Å². The topological polar surface area (TPSA) is 60.7 Å². The summed E-state index contributed by atoms with van der Waals surface area (Å²) in [6.45, 7) is 2.50. The molecule has 0 unspecified atom stereocenters. The molecule has 0 radical (unpaired) electrons. The monoisotopic (exact) mass is 324 g/mol. The van der Waals surface area contributed by atoms with Crippen molar-refractivity contribution in [2.24, 2.45) is 5.92 Å². The Hall–Kier alpha value is -0.800. The van der Waals surface area contributed by atoms with Crippen LogP contribution in [0.25, 0.3) is 0 Å². The Morgan fingerprint density at radius 2 is 1.70 bits per heavy atom. The van der Waals surface area contributed by atoms with Gasteiger partial charge in [-0.2, -0.15) is 0 Å². The molecule has 0 heterocycles. The lowest BCUT2D eigenvalue weighted by atomic mass is 9.93. The van der Waals surface area contributed by atoms with Gasteiger partial charge in [0.05, 0.1) is 11.9 Å². The summed E-state index contributed by atoms with van der Waals surface area (Å²) in [6.07, 6.45) is 16.5. The van der Waals surface area contributed by atoms with Crippen molar-refractivity contribution in [2.75, 3.05) is 6.61 Å². The van der Waals surface area contributed by atoms with Gasteiger partial charge in [0.25, 0.3) is 0 Å². The van der Waals surface area contributed by atoms with Crippen LogP contribution in [0.5, 0.6) is 0 Å². The van der Waals surface area contributed by atoms with Crippen molar-refractivity contribution in [1.29, 1.82) is 0 Å². The third-order valence-electron chi connectivity index (χ3n) is 4.76. The number of unbranched alkanes of at least 4 members (excludes halogenated alkanes) is 8. The molecule has 1 aliphatic rings. The highest BCUT2D eigenvalue weighted by Crippen LogP contribution is 2.35. The second-order valence-electron chi connectivity index (χ2n) is 6.79. The molecule has 0 aromatic heterocycles. The van der Waals surface area contributed by atoms with Gasteiger partial charge < -0.3 is 15.3 Å². The molecule has 0 amide bonds. The number of hydrogen-bond acceptors (Lipinski definition) is 3. The molecule has 0 aromatic carbocycles. The normalized spacial score (nSPS) is 21.7. The summed E-state index contributed by atoms with van der Waals surface area (Å²) in [5, 5.41) is 29.0. The van der Waals surface area contributed by atoms with Crippen molar-refractivity contribution in [3.05, 3.63) is 23.5 Å². The molecule has 0 saturated heterocycles. The van der Waals surface area contributed by atoms with E-state index in [1.807, 2.05) is 0 Å². The summed E-state index contributed by atoms with van der Waals surface area (Å²) < 4.78 is 0. The Kier molecular flexibility index (Phi) is 11.1. The molecule has 3 nitrogen and oxygen atoms in total. The van der Waals surface area contributed by atoms with Crippen molar-refractivity contribution >= 4 is 0 Å². The predicted octanol–water partition coefficient (Wildman–Crippen LogP) is 5.04. The summed E-state index contributed by atoms with van der Waals surface area (Å²) in [6, 6.07) is 0. The van der Waals surface area contributed by atoms with Crippen LogP contribution in [-0.2, 0) is 0 Å². The molecule has 0 bridgehead atoms. The van der Waals surface area contributed by atoms with E-state index in [2.05, 4.69) is 19.1 Å². The first-order valence-corrected chi connectivity index (χ1v) is 9.57. The lowest BCUT2D eigenvalue weighted by Crippen LogP contribution is -2.14. The highest BCUT2D eigenvalue weighted by molar-refractivity contribution is 5.25. The Bertz CT molecular complexity index is 360. The van der Waals surface area contributed by atoms with Crippen molar-refractivity contribution in [3.8, 4) is 0 Å². The van der Waals surface area contributed by atoms with Gasteiger partial charge in [-0.05, 0) is 37.7 Å². The van der Waals surface area contributed by atoms with Crippen LogP contribution >= 0.6 is 0 Å². The largest absolute Gasteiger partial charge is 0.512 e. The molecule has 0 aromatic rings. The first kappa shape index (κ1) is 20.2. The molecule has 0 spiro atoms. The lowest BCUT2D eigenvalue weighted by Gasteiger charge is -2.14. The summed E-state index contributed by atoms with van der Waals surface area (Å²) in [5.74, 6) is 0.423. The van der Waals surface area contributed by atoms with E-state index < -0.39 is 6.10 Å². The zero-order valence-corrected chi connectivity index (χ0v) is 14.8. The van der Waals surface area contributed by atoms with Crippen molar-refractivity contribution in [3.63, 3.8) is 0 Å². The molecule has 23 heavy (non-hydrogen) atoms. The van der Waals surface area contributed by atoms with E-state index in [0.29, 0.717) is 12.2 Å². The van der Waals surface area contributed by atoms with E-state index in [4.69, 9.17) is 5.11 Å². The number of aliphatic hydroxyl groups excluding tert-OH is 3. The van der Waals surface area contributed by atoms with Crippen LogP contribution in [0.15, 0.2) is 23.5 Å². The van der Waals surface area contributed by atoms with Crippen molar-refractivity contribution in [2.45, 2.75) is 90.1 Å². The Balaban J connectivity index is 2.33. The van der Waals surface area contributed by atoms with E-state index in [0.717, 1.165) is 50.5 Å². The molecular weight excluding hydrogens is 288 g/mol. The Labute approximate surface area is 142 Å². The van der Waals surface area contributed by atoms with Gasteiger partial charge in [0.1, 0.15) is 0 Å². The van der Waals surface area contributed by atoms with Gasteiger partial charge in [-0.25, -0.2) is 0 Å². The molecule has 0 saturated carbocycles. The molecule has 3 N–H and O–H groups in total. The fourth-order valence-corrected chi connectivity index (χ4v) is 3.33. The minimum absolute atomic E-state index is 0.0126. The second-order valence-corrected chi connectivity index (χ2v) is 6.79. The van der Waals surface area contributed by atoms with Crippen LogP contribution in [0.3, 0.4) is 0 Å². The van der Waals surface area contributed by atoms with Gasteiger partial charge in [0.2, 0.25) is 0 Å². The molecule has 0 aliphatic heterocycles. The molecule has 3 heteroatoms. The maximum atomic E-state index is 10.2. The smallest absolute Gasteiger partial charge is 0.0947 e. The quantitative estimate of drug-likeness (QED) is 0.328. The number of aliphatic hydroxyl groups is 3. The molecule has 1 aliphatic carbocycles. The van der Waals surface area contributed by atoms with Crippen LogP contribution < -0.4 is 0 Å². The Morgan fingerprint density at radius 3 is 2.43 bits per heavy atom. The number of hydrogen-bond donors (Lipinski definition) is 3. The first-order valence-electron chi connectivity index (χ1n) is 9.57. The molecular formula is C20H36O3. The summed E-state index contributed by atoms with van der Waals surface area (Å²) in [5.41, 5.74) is 1.05. The average molecular weight is 325 g/mol. The zero-order chi connectivity index (χ0) is 16.9. The maximum absolute atomic E-state index is 10.2. The maximum Gasteiger partial charge on any atom is 0.0947 e. The highest BCUT2D eigenvalue weighted by atomic mass is 16.3. The number of allylic oxidation sites excluding steroid dienone is 1. The van der Waals surface area contributed by atoms with E-state index in [-0.39, 0.29) is 12.5 Å². The summed E-state index contributed by atoms with van der Waals surface area (Å²) >= 11 is 0. The van der Waals surface area contributed by atoms with E-state index in [1.165, 1.54) is 25.7 Å². The zero-order valence-electron chi connectivity index (χ0n) is 14.8. The fourth-order valence-electron chi connectivity index (χ4n) is 3.33. The third kappa shape index (κ3) is 8.03. The van der Waals surface area contributed by atoms with E-state index in [1.54, 1.807) is 0 Å². The summed E-state index contributed by atoms with van der Waals surface area (Å²) in [4.78, 5) is 0. The average Bonchev–Trinajstić information content (AvgIpc) is 2.80. The summed E-state index contributed by atoms with van der Waals surface area (Å²) in [7, 11) is 0. The van der Waals surface area contributed by atoms with Gasteiger partial charge in [-0.15, -0.1) is 0 Å². The van der Waals surface area contributed by atoms with Gasteiger partial charge in [-0.1, -0.05) is 57.6 Å². The van der Waals surface area contributed by atoms with Crippen LogP contribution in [0.1, 0.15) is 84.0 Å². The number of rotatable bonds is 13. The van der Waals surface area contributed by atoms with Crippen molar-refractivity contribution in [1.82, 2.24) is 0 Å². The minimum atomic E-state index is -0.453. The van der Waals surface area contributed by atoms with Gasteiger partial charge in [-0.3, -0.25) is 0 Å². The first-order chi connectivity index (χ1) is 11.2. The molecule has 1 rings (SSSR count). The van der Waals surface area contributed by atoms with E-state index >= 15 is 0 Å². The van der Waals surface area contributed by atoms with Gasteiger partial charge in [0.15, 0.2) is 0 Å². The minimum Gasteiger partial charge on any atom is -0.512 e. The fraction of sp³-hybridized carbons (Fsp3) is 0.800. The molecule has 0 fully saturated rings. The molecule has 134 valence electrons. The van der Waals surface area contributed by atoms with Crippen LogP contribution in [-0.4, -0.2) is 28.0 Å². The van der Waals surface area contributed by atoms with Crippen molar-refractivity contribution < 1.29 is 15.3 Å². The van der Waals surface area contributed by atoms with Crippen LogP contribution in [0.2, 0.25) is 0 Å². The standard InChI is InChI=1S/C20H36O3/c1-2-3-4-5-7-10-13-17-18(20(23)16-19(17)22)14-11-8-6-9-12-15-21/h10,13,17,19,21-23H,2-9,11-12,14-16H2,1H3/b13-10+/t17-,19+/m1/s1. The molecule has 2 atom stereocenters. The van der Waals surface area contributed by atoms with Crippen LogP contribution in [0.4, 0.5) is 0 Å². The van der Waals surface area contributed by atoms with Crippen LogP contribution in [0, 0.1) is 5.92 Å². The SMILES string of the molecule is CCCCCC/C=C/[C@@H]1C(CCCCCCCO)=C(O)C[C@@H]1O. The second kappa shape index (κ2) is 12.6.